The highest BCUT2D eigenvalue weighted by atomic mass is 32.1. The molecule has 0 amide bonds. The normalized spacial score (nSPS) is 16.1. The lowest BCUT2D eigenvalue weighted by atomic mass is 9.98. The molecule has 0 radical (unpaired) electrons. The highest BCUT2D eigenvalue weighted by Crippen LogP contribution is 2.32. The number of aryl methyl sites for hydroxylation is 2. The molecule has 0 aliphatic heterocycles. The second-order valence-corrected chi connectivity index (χ2v) is 8.82. The van der Waals surface area contributed by atoms with E-state index >= 15 is 0 Å². The van der Waals surface area contributed by atoms with Gasteiger partial charge < -0.3 is 4.74 Å². The van der Waals surface area contributed by atoms with Gasteiger partial charge in [0.15, 0.2) is 0 Å². The molecule has 1 fully saturated rings. The predicted molar refractivity (Wildman–Crippen MR) is 116 cm³/mol. The lowest BCUT2D eigenvalue weighted by Gasteiger charge is -2.24. The number of ether oxygens (including phenoxy) is 1. The van der Waals surface area contributed by atoms with Crippen molar-refractivity contribution in [2.75, 3.05) is 0 Å². The lowest BCUT2D eigenvalue weighted by Crippen LogP contribution is -2.32. The number of fused-ring (bicyclic) bond motifs is 1. The van der Waals surface area contributed by atoms with Gasteiger partial charge in [-0.05, 0) is 63.1 Å². The fraction of sp³-hybridized carbons (Fsp3) is 0.435. The maximum atomic E-state index is 13.3. The number of carbonyl (C=O) groups is 1. The summed E-state index contributed by atoms with van der Waals surface area (Å²) in [6.07, 6.45) is 6.64. The fourth-order valence-corrected chi connectivity index (χ4v) is 4.81. The Hall–Kier alpha value is -2.47. The molecule has 4 rings (SSSR count). The molecule has 1 saturated carbocycles. The van der Waals surface area contributed by atoms with Crippen LogP contribution in [-0.4, -0.2) is 21.6 Å². The Labute approximate surface area is 174 Å². The quantitative estimate of drug-likeness (QED) is 0.556. The van der Waals surface area contributed by atoms with Crippen molar-refractivity contribution in [2.24, 2.45) is 0 Å². The van der Waals surface area contributed by atoms with E-state index in [-0.39, 0.29) is 17.6 Å². The third-order valence-corrected chi connectivity index (χ3v) is 6.82. The first-order valence-corrected chi connectivity index (χ1v) is 11.1. The molecule has 0 N–H and O–H groups in total. The molecular formula is C23H26N2O3S. The summed E-state index contributed by atoms with van der Waals surface area (Å²) >= 11 is 1.45. The van der Waals surface area contributed by atoms with Gasteiger partial charge in [-0.15, -0.1) is 11.3 Å². The average molecular weight is 411 g/mol. The molecule has 29 heavy (non-hydrogen) atoms. The van der Waals surface area contributed by atoms with Gasteiger partial charge in [0.1, 0.15) is 17.0 Å². The molecule has 6 heteroatoms. The molecule has 0 spiro atoms. The SMILES string of the molecule is Cc1ccc(-c2csc3ncn(C(C)C(=O)OC4CCCCC4)c(=O)c23)cc1C. The molecule has 1 aliphatic rings. The molecule has 0 saturated heterocycles. The van der Waals surface area contributed by atoms with Crippen LogP contribution in [0.4, 0.5) is 0 Å². The van der Waals surface area contributed by atoms with E-state index in [4.69, 9.17) is 4.74 Å². The Morgan fingerprint density at radius 1 is 1.21 bits per heavy atom. The zero-order valence-electron chi connectivity index (χ0n) is 17.1. The first-order chi connectivity index (χ1) is 14.0. The van der Waals surface area contributed by atoms with Crippen molar-refractivity contribution in [1.82, 2.24) is 9.55 Å². The van der Waals surface area contributed by atoms with Crippen LogP contribution >= 0.6 is 11.3 Å². The van der Waals surface area contributed by atoms with Crippen LogP contribution in [0.15, 0.2) is 34.7 Å². The maximum absolute atomic E-state index is 13.3. The van der Waals surface area contributed by atoms with Gasteiger partial charge in [0.25, 0.3) is 5.56 Å². The van der Waals surface area contributed by atoms with E-state index in [9.17, 15) is 9.59 Å². The minimum atomic E-state index is -0.700. The number of hydrogen-bond acceptors (Lipinski definition) is 5. The highest BCUT2D eigenvalue weighted by Gasteiger charge is 2.25. The van der Waals surface area contributed by atoms with Crippen LogP contribution in [0.5, 0.6) is 0 Å². The van der Waals surface area contributed by atoms with Crippen molar-refractivity contribution < 1.29 is 9.53 Å². The zero-order chi connectivity index (χ0) is 20.5. The Morgan fingerprint density at radius 2 is 1.97 bits per heavy atom. The van der Waals surface area contributed by atoms with E-state index < -0.39 is 6.04 Å². The number of nitrogens with zero attached hydrogens (tertiary/aromatic N) is 2. The van der Waals surface area contributed by atoms with Gasteiger partial charge in [0.05, 0.1) is 11.7 Å². The van der Waals surface area contributed by atoms with Crippen LogP contribution in [0.25, 0.3) is 21.3 Å². The second-order valence-electron chi connectivity index (χ2n) is 7.96. The van der Waals surface area contributed by atoms with Crippen LogP contribution in [0, 0.1) is 13.8 Å². The monoisotopic (exact) mass is 410 g/mol. The van der Waals surface area contributed by atoms with Crippen LogP contribution in [0.3, 0.4) is 0 Å². The Bertz CT molecular complexity index is 1110. The molecule has 5 nitrogen and oxygen atoms in total. The summed E-state index contributed by atoms with van der Waals surface area (Å²) in [5.41, 5.74) is 4.05. The highest BCUT2D eigenvalue weighted by molar-refractivity contribution is 7.17. The van der Waals surface area contributed by atoms with Crippen molar-refractivity contribution >= 4 is 27.5 Å². The van der Waals surface area contributed by atoms with Gasteiger partial charge in [-0.2, -0.15) is 0 Å². The van der Waals surface area contributed by atoms with Crippen molar-refractivity contribution in [2.45, 2.75) is 65.0 Å². The minimum absolute atomic E-state index is 0.0293. The van der Waals surface area contributed by atoms with E-state index in [1.165, 1.54) is 39.8 Å². The Kier molecular flexibility index (Phi) is 5.54. The number of hydrogen-bond donors (Lipinski definition) is 0. The third-order valence-electron chi connectivity index (χ3n) is 5.93. The third kappa shape index (κ3) is 3.86. The summed E-state index contributed by atoms with van der Waals surface area (Å²) in [6.45, 7) is 5.84. The van der Waals surface area contributed by atoms with E-state index in [1.54, 1.807) is 6.92 Å². The Balaban J connectivity index is 1.69. The van der Waals surface area contributed by atoms with Crippen molar-refractivity contribution in [1.29, 1.82) is 0 Å². The average Bonchev–Trinajstić information content (AvgIpc) is 3.16. The molecule has 0 bridgehead atoms. The zero-order valence-corrected chi connectivity index (χ0v) is 17.9. The summed E-state index contributed by atoms with van der Waals surface area (Å²) in [6, 6.07) is 5.48. The van der Waals surface area contributed by atoms with Crippen LogP contribution in [0.2, 0.25) is 0 Å². The van der Waals surface area contributed by atoms with Gasteiger partial charge in [0.2, 0.25) is 0 Å². The number of rotatable bonds is 4. The van der Waals surface area contributed by atoms with Gasteiger partial charge in [-0.25, -0.2) is 9.78 Å². The second kappa shape index (κ2) is 8.11. The molecule has 1 atom stereocenters. The van der Waals surface area contributed by atoms with Crippen LogP contribution < -0.4 is 5.56 Å². The van der Waals surface area contributed by atoms with Crippen molar-refractivity contribution in [3.8, 4) is 11.1 Å². The van der Waals surface area contributed by atoms with E-state index in [1.807, 2.05) is 11.4 Å². The summed E-state index contributed by atoms with van der Waals surface area (Å²) in [4.78, 5) is 31.1. The maximum Gasteiger partial charge on any atom is 0.329 e. The largest absolute Gasteiger partial charge is 0.461 e. The number of aromatic nitrogens is 2. The first-order valence-electron chi connectivity index (χ1n) is 10.2. The first kappa shape index (κ1) is 19.8. The lowest BCUT2D eigenvalue weighted by molar-refractivity contribution is -0.154. The van der Waals surface area contributed by atoms with Crippen LogP contribution in [-0.2, 0) is 9.53 Å². The summed E-state index contributed by atoms with van der Waals surface area (Å²) < 4.78 is 7.08. The number of esters is 1. The van der Waals surface area contributed by atoms with E-state index in [2.05, 4.69) is 31.0 Å². The molecular weight excluding hydrogens is 384 g/mol. The van der Waals surface area contributed by atoms with Crippen LogP contribution in [0.1, 0.15) is 56.2 Å². The molecule has 2 aromatic heterocycles. The van der Waals surface area contributed by atoms with E-state index in [0.717, 1.165) is 36.8 Å². The van der Waals surface area contributed by atoms with Gasteiger partial charge in [-0.3, -0.25) is 9.36 Å². The minimum Gasteiger partial charge on any atom is -0.461 e. The van der Waals surface area contributed by atoms with Gasteiger partial charge in [-0.1, -0.05) is 24.6 Å². The summed E-state index contributed by atoms with van der Waals surface area (Å²) in [5.74, 6) is -0.358. The van der Waals surface area contributed by atoms with E-state index in [0.29, 0.717) is 10.2 Å². The number of benzene rings is 1. The van der Waals surface area contributed by atoms with Gasteiger partial charge in [0, 0.05) is 10.9 Å². The number of carbonyl (C=O) groups excluding carboxylic acids is 1. The fourth-order valence-electron chi connectivity index (χ4n) is 3.90. The molecule has 1 unspecified atom stereocenters. The molecule has 3 aromatic rings. The molecule has 152 valence electrons. The standard InChI is InChI=1S/C23H26N2O3S/c1-14-9-10-17(11-15(14)2)19-12-29-21-20(19)22(26)25(13-24-21)16(3)23(27)28-18-7-5-4-6-8-18/h9-13,16,18H,4-8H2,1-3H3. The van der Waals surface area contributed by atoms with Crippen molar-refractivity contribution in [3.63, 3.8) is 0 Å². The Morgan fingerprint density at radius 3 is 2.69 bits per heavy atom. The number of thiophene rings is 1. The molecule has 1 aromatic carbocycles. The topological polar surface area (TPSA) is 61.2 Å². The smallest absolute Gasteiger partial charge is 0.329 e. The molecule has 1 aliphatic carbocycles. The predicted octanol–water partition coefficient (Wildman–Crippen LogP) is 5.18. The summed E-state index contributed by atoms with van der Waals surface area (Å²) in [5, 5.41) is 2.54. The van der Waals surface area contributed by atoms with Gasteiger partial charge >= 0.3 is 5.97 Å². The van der Waals surface area contributed by atoms with Crippen molar-refractivity contribution in [3.05, 3.63) is 51.4 Å². The molecule has 2 heterocycles. The summed E-state index contributed by atoms with van der Waals surface area (Å²) in [7, 11) is 0.